The lowest BCUT2D eigenvalue weighted by Gasteiger charge is -2.12. The van der Waals surface area contributed by atoms with Gasteiger partial charge in [-0.2, -0.15) is 18.4 Å². The molecule has 5 rings (SSSR count). The molecule has 0 aliphatic heterocycles. The van der Waals surface area contributed by atoms with Crippen LogP contribution in [0.4, 0.5) is 35.2 Å². The first-order chi connectivity index (χ1) is 17.2. The third-order valence-electron chi connectivity index (χ3n) is 5.44. The molecule has 0 unspecified atom stereocenters. The van der Waals surface area contributed by atoms with Gasteiger partial charge in [-0.25, -0.2) is 14.8 Å². The fourth-order valence-electron chi connectivity index (χ4n) is 3.79. The Balaban J connectivity index is 1.42. The van der Waals surface area contributed by atoms with Crippen LogP contribution >= 0.6 is 0 Å². The molecule has 3 aromatic carbocycles. The minimum Gasteiger partial charge on any atom is -0.384 e. The highest BCUT2D eigenvalue weighted by atomic mass is 19.4. The first-order valence-electron chi connectivity index (χ1n) is 10.6. The molecule has 178 valence electrons. The van der Waals surface area contributed by atoms with E-state index < -0.39 is 17.8 Å². The van der Waals surface area contributed by atoms with Crippen LogP contribution in [-0.4, -0.2) is 20.6 Å². The number of fused-ring (bicyclic) bond motifs is 2. The number of aromatic nitrogens is 3. The highest BCUT2D eigenvalue weighted by Crippen LogP contribution is 2.32. The van der Waals surface area contributed by atoms with Crippen molar-refractivity contribution in [2.45, 2.75) is 6.18 Å². The number of anilines is 3. The zero-order chi connectivity index (χ0) is 25.4. The van der Waals surface area contributed by atoms with Gasteiger partial charge >= 0.3 is 12.2 Å². The number of nitrogens with zero attached hydrogens (tertiary/aromatic N) is 4. The van der Waals surface area contributed by atoms with Crippen molar-refractivity contribution in [2.75, 3.05) is 16.4 Å². The molecule has 2 amide bonds. The van der Waals surface area contributed by atoms with Crippen LogP contribution in [0.25, 0.3) is 27.9 Å². The van der Waals surface area contributed by atoms with Crippen molar-refractivity contribution >= 4 is 45.4 Å². The Morgan fingerprint density at radius 2 is 1.58 bits per heavy atom. The smallest absolute Gasteiger partial charge is 0.384 e. The number of carbonyl (C=O) groups excluding carboxylic acids is 1. The van der Waals surface area contributed by atoms with E-state index in [4.69, 9.17) is 5.73 Å². The molecular weight excluding hydrogens is 471 g/mol. The van der Waals surface area contributed by atoms with E-state index in [0.29, 0.717) is 33.6 Å². The molecule has 0 aliphatic carbocycles. The predicted octanol–water partition coefficient (Wildman–Crippen LogP) is 5.69. The fraction of sp³-hybridized carbons (Fsp3) is 0.0400. The first kappa shape index (κ1) is 22.7. The standard InChI is InChI=1S/C25H16F3N7O/c26-25(27,28)14-4-3-5-16(12-14)32-24(36)31-15-8-10-17(11-9-15)35-22(30)18(13-29)21-23(35)34-20-7-2-1-6-19(20)33-21/h1-12H,30H2,(H2,31,32,36). The van der Waals surface area contributed by atoms with Crippen LogP contribution in [-0.2, 0) is 6.18 Å². The van der Waals surface area contributed by atoms with Crippen molar-refractivity contribution < 1.29 is 18.0 Å². The van der Waals surface area contributed by atoms with Gasteiger partial charge in [0.05, 0.1) is 16.6 Å². The summed E-state index contributed by atoms with van der Waals surface area (Å²) >= 11 is 0. The van der Waals surface area contributed by atoms with Crippen molar-refractivity contribution in [3.8, 4) is 11.8 Å². The molecule has 0 saturated heterocycles. The highest BCUT2D eigenvalue weighted by Gasteiger charge is 2.30. The Bertz CT molecular complexity index is 1670. The normalized spacial score (nSPS) is 11.4. The van der Waals surface area contributed by atoms with E-state index in [1.807, 2.05) is 12.1 Å². The van der Waals surface area contributed by atoms with Gasteiger partial charge in [0.25, 0.3) is 0 Å². The molecule has 2 heterocycles. The second kappa shape index (κ2) is 8.59. The summed E-state index contributed by atoms with van der Waals surface area (Å²) in [5.74, 6) is 0.172. The number of urea groups is 1. The molecule has 0 spiro atoms. The molecule has 4 N–H and O–H groups in total. The average Bonchev–Trinajstić information content (AvgIpc) is 3.12. The van der Waals surface area contributed by atoms with E-state index in [2.05, 4.69) is 26.7 Å². The molecular formula is C25H16F3N7O. The van der Waals surface area contributed by atoms with Crippen molar-refractivity contribution in [3.63, 3.8) is 0 Å². The van der Waals surface area contributed by atoms with E-state index in [9.17, 15) is 23.2 Å². The molecule has 8 nitrogen and oxygen atoms in total. The summed E-state index contributed by atoms with van der Waals surface area (Å²) in [6, 6.07) is 19.5. The number of nitrogens with two attached hydrogens (primary N) is 1. The number of para-hydroxylation sites is 2. The van der Waals surface area contributed by atoms with Crippen molar-refractivity contribution in [1.29, 1.82) is 5.26 Å². The minimum atomic E-state index is -4.52. The molecule has 0 saturated carbocycles. The SMILES string of the molecule is N#Cc1c(N)n(-c2ccc(NC(=O)Nc3cccc(C(F)(F)F)c3)cc2)c2nc3ccccc3nc12. The van der Waals surface area contributed by atoms with Crippen molar-refractivity contribution in [3.05, 3.63) is 83.9 Å². The number of nitrogen functional groups attached to an aromatic ring is 1. The van der Waals surface area contributed by atoms with Crippen LogP contribution in [0, 0.1) is 11.3 Å². The summed E-state index contributed by atoms with van der Waals surface area (Å²) in [5.41, 5.74) is 8.61. The topological polar surface area (TPSA) is 122 Å². The monoisotopic (exact) mass is 487 g/mol. The van der Waals surface area contributed by atoms with E-state index >= 15 is 0 Å². The number of halogens is 3. The van der Waals surface area contributed by atoms with Crippen LogP contribution in [0.2, 0.25) is 0 Å². The van der Waals surface area contributed by atoms with Gasteiger partial charge in [-0.05, 0) is 54.6 Å². The third kappa shape index (κ3) is 4.12. The van der Waals surface area contributed by atoms with E-state index in [1.54, 1.807) is 41.0 Å². The Labute approximate surface area is 201 Å². The highest BCUT2D eigenvalue weighted by molar-refractivity contribution is 6.00. The molecule has 0 aliphatic rings. The van der Waals surface area contributed by atoms with E-state index in [1.165, 1.54) is 12.1 Å². The van der Waals surface area contributed by atoms with Gasteiger partial charge in [0.1, 0.15) is 23.0 Å². The van der Waals surface area contributed by atoms with Crippen molar-refractivity contribution in [2.24, 2.45) is 0 Å². The Hall–Kier alpha value is -5.11. The zero-order valence-corrected chi connectivity index (χ0v) is 18.3. The number of nitriles is 1. The number of alkyl halides is 3. The van der Waals surface area contributed by atoms with Gasteiger partial charge in [-0.3, -0.25) is 4.57 Å². The molecule has 0 atom stereocenters. The summed E-state index contributed by atoms with van der Waals surface area (Å²) in [6.07, 6.45) is -4.52. The summed E-state index contributed by atoms with van der Waals surface area (Å²) in [4.78, 5) is 21.5. The lowest BCUT2D eigenvalue weighted by molar-refractivity contribution is -0.137. The molecule has 0 fully saturated rings. The van der Waals surface area contributed by atoms with E-state index in [-0.39, 0.29) is 17.1 Å². The number of rotatable bonds is 3. The maximum absolute atomic E-state index is 12.9. The number of hydrogen-bond acceptors (Lipinski definition) is 5. The van der Waals surface area contributed by atoms with Gasteiger partial charge in [0.2, 0.25) is 0 Å². The molecule has 2 aromatic heterocycles. The summed E-state index contributed by atoms with van der Waals surface area (Å²) in [7, 11) is 0. The quantitative estimate of drug-likeness (QED) is 0.302. The molecule has 36 heavy (non-hydrogen) atoms. The van der Waals surface area contributed by atoms with Crippen LogP contribution < -0.4 is 16.4 Å². The van der Waals surface area contributed by atoms with Crippen LogP contribution in [0.5, 0.6) is 0 Å². The number of carbonyl (C=O) groups is 1. The molecule has 11 heteroatoms. The second-order valence-corrected chi connectivity index (χ2v) is 7.80. The lowest BCUT2D eigenvalue weighted by atomic mass is 10.2. The number of amides is 2. The predicted molar refractivity (Wildman–Crippen MR) is 130 cm³/mol. The Kier molecular flexibility index (Phi) is 5.41. The summed E-state index contributed by atoms with van der Waals surface area (Å²) < 4.78 is 40.3. The number of benzene rings is 3. The summed E-state index contributed by atoms with van der Waals surface area (Å²) in [5, 5.41) is 14.6. The van der Waals surface area contributed by atoms with Gasteiger partial charge in [-0.15, -0.1) is 0 Å². The van der Waals surface area contributed by atoms with E-state index in [0.717, 1.165) is 12.1 Å². The van der Waals surface area contributed by atoms with Gasteiger partial charge in [-0.1, -0.05) is 18.2 Å². The van der Waals surface area contributed by atoms with Gasteiger partial charge in [0, 0.05) is 17.1 Å². The molecule has 5 aromatic rings. The fourth-order valence-corrected chi connectivity index (χ4v) is 3.79. The maximum atomic E-state index is 12.9. The van der Waals surface area contributed by atoms with Crippen LogP contribution in [0.3, 0.4) is 0 Å². The molecule has 0 radical (unpaired) electrons. The van der Waals surface area contributed by atoms with Crippen LogP contribution in [0.1, 0.15) is 11.1 Å². The minimum absolute atomic E-state index is 0.000337. The largest absolute Gasteiger partial charge is 0.416 e. The maximum Gasteiger partial charge on any atom is 0.416 e. The second-order valence-electron chi connectivity index (χ2n) is 7.80. The lowest BCUT2D eigenvalue weighted by Crippen LogP contribution is -2.19. The molecule has 0 bridgehead atoms. The van der Waals surface area contributed by atoms with Crippen molar-refractivity contribution in [1.82, 2.24) is 14.5 Å². The zero-order valence-electron chi connectivity index (χ0n) is 18.3. The average molecular weight is 487 g/mol. The summed E-state index contributed by atoms with van der Waals surface area (Å²) in [6.45, 7) is 0. The Morgan fingerprint density at radius 1 is 0.917 bits per heavy atom. The number of hydrogen-bond donors (Lipinski definition) is 3. The van der Waals surface area contributed by atoms with Gasteiger partial charge < -0.3 is 16.4 Å². The third-order valence-corrected chi connectivity index (χ3v) is 5.44. The van der Waals surface area contributed by atoms with Gasteiger partial charge in [0.15, 0.2) is 5.65 Å². The first-order valence-corrected chi connectivity index (χ1v) is 10.6. The van der Waals surface area contributed by atoms with Crippen LogP contribution in [0.15, 0.2) is 72.8 Å². The Morgan fingerprint density at radius 3 is 2.25 bits per heavy atom. The number of nitrogens with one attached hydrogen (secondary N) is 2.